The van der Waals surface area contributed by atoms with E-state index in [1.807, 2.05) is 0 Å². The SMILES string of the molecule is Nc1ccc(-c2nc(N)cc(CS(=O)(=O)CCO)n2)cc1. The van der Waals surface area contributed by atoms with Gasteiger partial charge in [-0.25, -0.2) is 18.4 Å². The Balaban J connectivity index is 2.35. The molecule has 0 bridgehead atoms. The number of hydrogen-bond donors (Lipinski definition) is 3. The Kier molecular flexibility index (Phi) is 4.39. The first-order valence-electron chi connectivity index (χ1n) is 6.20. The molecular formula is C13H16N4O3S. The molecule has 8 heteroatoms. The van der Waals surface area contributed by atoms with Crippen molar-refractivity contribution >= 4 is 21.3 Å². The number of nitrogen functional groups attached to an aromatic ring is 2. The highest BCUT2D eigenvalue weighted by Crippen LogP contribution is 2.19. The van der Waals surface area contributed by atoms with Crippen LogP contribution in [0.3, 0.4) is 0 Å². The summed E-state index contributed by atoms with van der Waals surface area (Å²) in [6, 6.07) is 8.27. The van der Waals surface area contributed by atoms with Crippen LogP contribution in [0.1, 0.15) is 5.69 Å². The van der Waals surface area contributed by atoms with Crippen molar-refractivity contribution in [1.29, 1.82) is 0 Å². The van der Waals surface area contributed by atoms with E-state index in [1.54, 1.807) is 24.3 Å². The monoisotopic (exact) mass is 308 g/mol. The maximum atomic E-state index is 11.7. The number of anilines is 2. The normalized spacial score (nSPS) is 11.5. The van der Waals surface area contributed by atoms with Gasteiger partial charge >= 0.3 is 0 Å². The third-order valence-corrected chi connectivity index (χ3v) is 4.28. The van der Waals surface area contributed by atoms with Gasteiger partial charge in [-0.1, -0.05) is 0 Å². The summed E-state index contributed by atoms with van der Waals surface area (Å²) in [5.41, 5.74) is 12.9. The van der Waals surface area contributed by atoms with Gasteiger partial charge in [-0.15, -0.1) is 0 Å². The van der Waals surface area contributed by atoms with E-state index in [4.69, 9.17) is 16.6 Å². The van der Waals surface area contributed by atoms with Gasteiger partial charge in [0.25, 0.3) is 0 Å². The number of sulfone groups is 1. The van der Waals surface area contributed by atoms with Gasteiger partial charge < -0.3 is 16.6 Å². The summed E-state index contributed by atoms with van der Waals surface area (Å²) in [5, 5.41) is 8.74. The third kappa shape index (κ3) is 4.14. The van der Waals surface area contributed by atoms with Crippen molar-refractivity contribution < 1.29 is 13.5 Å². The highest BCUT2D eigenvalue weighted by Gasteiger charge is 2.14. The molecule has 2 rings (SSSR count). The van der Waals surface area contributed by atoms with Crippen LogP contribution >= 0.6 is 0 Å². The van der Waals surface area contributed by atoms with Gasteiger partial charge in [-0.2, -0.15) is 0 Å². The van der Waals surface area contributed by atoms with Crippen molar-refractivity contribution in [1.82, 2.24) is 9.97 Å². The van der Waals surface area contributed by atoms with Crippen LogP contribution in [0.2, 0.25) is 0 Å². The lowest BCUT2D eigenvalue weighted by Gasteiger charge is -2.07. The summed E-state index contributed by atoms with van der Waals surface area (Å²) in [4.78, 5) is 8.30. The summed E-state index contributed by atoms with van der Waals surface area (Å²) in [5.74, 6) is -0.0775. The lowest BCUT2D eigenvalue weighted by molar-refractivity contribution is 0.319. The van der Waals surface area contributed by atoms with Gasteiger partial charge in [0.2, 0.25) is 0 Å². The molecule has 112 valence electrons. The van der Waals surface area contributed by atoms with E-state index in [2.05, 4.69) is 9.97 Å². The number of hydrogen-bond acceptors (Lipinski definition) is 7. The molecule has 2 aromatic rings. The Labute approximate surface area is 122 Å². The molecule has 0 atom stereocenters. The highest BCUT2D eigenvalue weighted by atomic mass is 32.2. The van der Waals surface area contributed by atoms with Crippen molar-refractivity contribution in [3.8, 4) is 11.4 Å². The molecule has 0 aliphatic heterocycles. The average Bonchev–Trinajstić information content (AvgIpc) is 2.37. The average molecular weight is 308 g/mol. The Hall–Kier alpha value is -2.19. The summed E-state index contributed by atoms with van der Waals surface area (Å²) in [7, 11) is -3.42. The second-order valence-corrected chi connectivity index (χ2v) is 6.73. The fourth-order valence-corrected chi connectivity index (χ4v) is 2.81. The number of nitrogens with zero attached hydrogens (tertiary/aromatic N) is 2. The third-order valence-electron chi connectivity index (χ3n) is 2.74. The minimum absolute atomic E-state index is 0.186. The first-order valence-corrected chi connectivity index (χ1v) is 8.02. The van der Waals surface area contributed by atoms with Gasteiger partial charge in [0, 0.05) is 17.3 Å². The van der Waals surface area contributed by atoms with E-state index >= 15 is 0 Å². The molecule has 1 heterocycles. The largest absolute Gasteiger partial charge is 0.399 e. The molecule has 0 saturated carbocycles. The van der Waals surface area contributed by atoms with Crippen LogP contribution in [-0.4, -0.2) is 35.9 Å². The summed E-state index contributed by atoms with van der Waals surface area (Å²) < 4.78 is 23.5. The number of benzene rings is 1. The number of rotatable bonds is 5. The van der Waals surface area contributed by atoms with Gasteiger partial charge in [0.1, 0.15) is 5.82 Å². The summed E-state index contributed by atoms with van der Waals surface area (Å²) >= 11 is 0. The van der Waals surface area contributed by atoms with Crippen LogP contribution in [0.4, 0.5) is 11.5 Å². The molecule has 0 aliphatic carbocycles. The highest BCUT2D eigenvalue weighted by molar-refractivity contribution is 7.90. The number of nitrogens with two attached hydrogens (primary N) is 2. The molecule has 1 aromatic heterocycles. The summed E-state index contributed by atoms with van der Waals surface area (Å²) in [6.45, 7) is -0.423. The minimum Gasteiger partial charge on any atom is -0.399 e. The zero-order valence-corrected chi connectivity index (χ0v) is 12.0. The van der Waals surface area contributed by atoms with E-state index in [1.165, 1.54) is 6.07 Å². The number of aromatic nitrogens is 2. The lowest BCUT2D eigenvalue weighted by Crippen LogP contribution is -2.14. The van der Waals surface area contributed by atoms with E-state index < -0.39 is 16.4 Å². The smallest absolute Gasteiger partial charge is 0.161 e. The molecule has 0 fully saturated rings. The van der Waals surface area contributed by atoms with Crippen molar-refractivity contribution in [3.05, 3.63) is 36.0 Å². The van der Waals surface area contributed by atoms with Crippen LogP contribution < -0.4 is 11.5 Å². The molecule has 21 heavy (non-hydrogen) atoms. The van der Waals surface area contributed by atoms with E-state index in [-0.39, 0.29) is 17.3 Å². The van der Waals surface area contributed by atoms with Crippen LogP contribution in [0, 0.1) is 0 Å². The Bertz CT molecular complexity index is 730. The minimum atomic E-state index is -3.42. The van der Waals surface area contributed by atoms with Crippen LogP contribution in [-0.2, 0) is 15.6 Å². The maximum Gasteiger partial charge on any atom is 0.161 e. The lowest BCUT2D eigenvalue weighted by atomic mass is 10.2. The zero-order chi connectivity index (χ0) is 15.5. The van der Waals surface area contributed by atoms with E-state index in [9.17, 15) is 8.42 Å². The van der Waals surface area contributed by atoms with Gasteiger partial charge in [0.05, 0.1) is 23.8 Å². The molecule has 0 aliphatic rings. The van der Waals surface area contributed by atoms with Crippen molar-refractivity contribution in [3.63, 3.8) is 0 Å². The van der Waals surface area contributed by atoms with Crippen LogP contribution in [0.5, 0.6) is 0 Å². The molecule has 0 amide bonds. The molecule has 5 N–H and O–H groups in total. The summed E-state index contributed by atoms with van der Waals surface area (Å²) in [6.07, 6.45) is 0. The predicted octanol–water partition coefficient (Wildman–Crippen LogP) is 0.215. The zero-order valence-electron chi connectivity index (χ0n) is 11.2. The Morgan fingerprint density at radius 3 is 2.38 bits per heavy atom. The molecular weight excluding hydrogens is 292 g/mol. The fraction of sp³-hybridized carbons (Fsp3) is 0.231. The van der Waals surface area contributed by atoms with E-state index in [0.717, 1.165) is 0 Å². The van der Waals surface area contributed by atoms with Gasteiger partial charge in [-0.3, -0.25) is 0 Å². The second kappa shape index (κ2) is 6.06. The second-order valence-electron chi connectivity index (χ2n) is 4.55. The standard InChI is InChI=1S/C13H16N4O3S/c14-10-3-1-9(2-4-10)13-16-11(7-12(15)17-13)8-21(19,20)6-5-18/h1-4,7,18H,5-6,8,14H2,(H2,15,16,17). The molecule has 1 aromatic carbocycles. The number of aliphatic hydroxyl groups excluding tert-OH is 1. The first kappa shape index (κ1) is 15.2. The quantitative estimate of drug-likeness (QED) is 0.673. The Morgan fingerprint density at radius 2 is 1.76 bits per heavy atom. The van der Waals surface area contributed by atoms with Crippen LogP contribution in [0.15, 0.2) is 30.3 Å². The van der Waals surface area contributed by atoms with Crippen LogP contribution in [0.25, 0.3) is 11.4 Å². The van der Waals surface area contributed by atoms with Crippen molar-refractivity contribution in [2.24, 2.45) is 0 Å². The van der Waals surface area contributed by atoms with Crippen molar-refractivity contribution in [2.75, 3.05) is 23.8 Å². The molecule has 0 saturated heterocycles. The maximum absolute atomic E-state index is 11.7. The molecule has 0 spiro atoms. The first-order chi connectivity index (χ1) is 9.89. The van der Waals surface area contributed by atoms with Gasteiger partial charge in [-0.05, 0) is 24.3 Å². The topological polar surface area (TPSA) is 132 Å². The predicted molar refractivity (Wildman–Crippen MR) is 80.9 cm³/mol. The molecule has 7 nitrogen and oxygen atoms in total. The Morgan fingerprint density at radius 1 is 1.10 bits per heavy atom. The van der Waals surface area contributed by atoms with Crippen molar-refractivity contribution in [2.45, 2.75) is 5.75 Å². The molecule has 0 radical (unpaired) electrons. The number of aliphatic hydroxyl groups is 1. The fourth-order valence-electron chi connectivity index (χ4n) is 1.79. The van der Waals surface area contributed by atoms with Gasteiger partial charge in [0.15, 0.2) is 15.7 Å². The molecule has 0 unspecified atom stereocenters. The van der Waals surface area contributed by atoms with E-state index in [0.29, 0.717) is 22.8 Å².